The van der Waals surface area contributed by atoms with Crippen LogP contribution in [0.5, 0.6) is 0 Å². The molecule has 3 N–H and O–H groups in total. The standard InChI is InChI=1S/C15H23NO/c1-14(2,3)8-9-15(17)10-13(16)11-6-4-5-7-12(11)15/h4-7,13,17H,8-10,16H2,1-3H3. The summed E-state index contributed by atoms with van der Waals surface area (Å²) in [6.07, 6.45) is 2.45. The van der Waals surface area contributed by atoms with Gasteiger partial charge in [0.05, 0.1) is 5.60 Å². The third-order valence-electron chi connectivity index (χ3n) is 3.71. The molecule has 0 saturated heterocycles. The molecule has 0 radical (unpaired) electrons. The second kappa shape index (κ2) is 4.11. The lowest BCUT2D eigenvalue weighted by Crippen LogP contribution is -2.25. The molecule has 1 aliphatic carbocycles. The molecule has 0 spiro atoms. The van der Waals surface area contributed by atoms with E-state index in [2.05, 4.69) is 20.8 Å². The monoisotopic (exact) mass is 233 g/mol. The van der Waals surface area contributed by atoms with Crippen LogP contribution in [-0.4, -0.2) is 5.11 Å². The Morgan fingerprint density at radius 1 is 1.35 bits per heavy atom. The Morgan fingerprint density at radius 2 is 2.00 bits per heavy atom. The van der Waals surface area contributed by atoms with Crippen molar-refractivity contribution in [1.82, 2.24) is 0 Å². The Balaban J connectivity index is 2.23. The van der Waals surface area contributed by atoms with Crippen molar-refractivity contribution in [2.24, 2.45) is 11.1 Å². The van der Waals surface area contributed by atoms with Crippen LogP contribution in [0.1, 0.15) is 57.2 Å². The van der Waals surface area contributed by atoms with Crippen LogP contribution in [0.15, 0.2) is 24.3 Å². The number of hydrogen-bond donors (Lipinski definition) is 2. The summed E-state index contributed by atoms with van der Waals surface area (Å²) in [5.41, 5.74) is 7.78. The molecule has 1 aromatic rings. The first-order chi connectivity index (χ1) is 7.82. The van der Waals surface area contributed by atoms with E-state index >= 15 is 0 Å². The van der Waals surface area contributed by atoms with E-state index in [1.807, 2.05) is 24.3 Å². The summed E-state index contributed by atoms with van der Waals surface area (Å²) < 4.78 is 0. The lowest BCUT2D eigenvalue weighted by molar-refractivity contribution is 0.0143. The van der Waals surface area contributed by atoms with Crippen molar-refractivity contribution < 1.29 is 5.11 Å². The highest BCUT2D eigenvalue weighted by Gasteiger charge is 2.40. The molecule has 1 aliphatic rings. The summed E-state index contributed by atoms with van der Waals surface area (Å²) in [5, 5.41) is 10.8. The molecule has 0 bridgehead atoms. The van der Waals surface area contributed by atoms with Crippen LogP contribution >= 0.6 is 0 Å². The number of nitrogens with two attached hydrogens (primary N) is 1. The van der Waals surface area contributed by atoms with Gasteiger partial charge in [-0.15, -0.1) is 0 Å². The summed E-state index contributed by atoms with van der Waals surface area (Å²) >= 11 is 0. The van der Waals surface area contributed by atoms with E-state index in [-0.39, 0.29) is 11.5 Å². The molecule has 2 atom stereocenters. The molecule has 94 valence electrons. The summed E-state index contributed by atoms with van der Waals surface area (Å²) in [6.45, 7) is 6.62. The van der Waals surface area contributed by atoms with Gasteiger partial charge < -0.3 is 10.8 Å². The molecule has 2 heteroatoms. The molecule has 2 unspecified atom stereocenters. The van der Waals surface area contributed by atoms with Gasteiger partial charge >= 0.3 is 0 Å². The second-order valence-electron chi connectivity index (χ2n) is 6.49. The van der Waals surface area contributed by atoms with Gasteiger partial charge in [-0.1, -0.05) is 45.0 Å². The highest BCUT2D eigenvalue weighted by atomic mass is 16.3. The predicted molar refractivity (Wildman–Crippen MR) is 70.6 cm³/mol. The van der Waals surface area contributed by atoms with Gasteiger partial charge in [-0.25, -0.2) is 0 Å². The van der Waals surface area contributed by atoms with Crippen molar-refractivity contribution in [1.29, 1.82) is 0 Å². The third kappa shape index (κ3) is 2.53. The fourth-order valence-electron chi connectivity index (χ4n) is 2.65. The van der Waals surface area contributed by atoms with Crippen molar-refractivity contribution in [3.63, 3.8) is 0 Å². The van der Waals surface area contributed by atoms with Crippen LogP contribution in [-0.2, 0) is 5.60 Å². The van der Waals surface area contributed by atoms with Gasteiger partial charge in [0.15, 0.2) is 0 Å². The molecular formula is C15H23NO. The van der Waals surface area contributed by atoms with Gasteiger partial charge in [0.1, 0.15) is 0 Å². The van der Waals surface area contributed by atoms with E-state index in [1.165, 1.54) is 0 Å². The number of fused-ring (bicyclic) bond motifs is 1. The van der Waals surface area contributed by atoms with Crippen molar-refractivity contribution in [3.05, 3.63) is 35.4 Å². The maximum absolute atomic E-state index is 10.8. The molecular weight excluding hydrogens is 210 g/mol. The van der Waals surface area contributed by atoms with Gasteiger partial charge in [0, 0.05) is 6.04 Å². The SMILES string of the molecule is CC(C)(C)CCC1(O)CC(N)c2ccccc21. The van der Waals surface area contributed by atoms with Crippen molar-refractivity contribution in [2.45, 2.75) is 51.7 Å². The first kappa shape index (κ1) is 12.6. The van der Waals surface area contributed by atoms with E-state index < -0.39 is 5.60 Å². The Bertz CT molecular complexity index is 408. The van der Waals surface area contributed by atoms with E-state index in [9.17, 15) is 5.11 Å². The van der Waals surface area contributed by atoms with Gasteiger partial charge in [-0.2, -0.15) is 0 Å². The Kier molecular flexibility index (Phi) is 3.04. The normalized spacial score (nSPS) is 28.2. The zero-order chi connectivity index (χ0) is 12.7. The fourth-order valence-corrected chi connectivity index (χ4v) is 2.65. The van der Waals surface area contributed by atoms with Crippen LogP contribution in [0.2, 0.25) is 0 Å². The predicted octanol–water partition coefficient (Wildman–Crippen LogP) is 3.10. The summed E-state index contributed by atoms with van der Waals surface area (Å²) in [6, 6.07) is 8.02. The minimum atomic E-state index is -0.719. The van der Waals surface area contributed by atoms with Crippen molar-refractivity contribution >= 4 is 0 Å². The molecule has 2 rings (SSSR count). The summed E-state index contributed by atoms with van der Waals surface area (Å²) in [7, 11) is 0. The lowest BCUT2D eigenvalue weighted by atomic mass is 9.82. The lowest BCUT2D eigenvalue weighted by Gasteiger charge is -2.28. The third-order valence-corrected chi connectivity index (χ3v) is 3.71. The Hall–Kier alpha value is -0.860. The number of rotatable bonds is 2. The molecule has 0 aromatic heterocycles. The van der Waals surface area contributed by atoms with E-state index in [1.54, 1.807) is 0 Å². The zero-order valence-electron chi connectivity index (χ0n) is 11.0. The van der Waals surface area contributed by atoms with E-state index in [4.69, 9.17) is 5.73 Å². The maximum Gasteiger partial charge on any atom is 0.0918 e. The Labute approximate surface area is 104 Å². The zero-order valence-corrected chi connectivity index (χ0v) is 11.0. The highest BCUT2D eigenvalue weighted by Crippen LogP contribution is 2.45. The number of hydrogen-bond acceptors (Lipinski definition) is 2. The average molecular weight is 233 g/mol. The van der Waals surface area contributed by atoms with Crippen LogP contribution in [0.25, 0.3) is 0 Å². The molecule has 17 heavy (non-hydrogen) atoms. The van der Waals surface area contributed by atoms with Crippen molar-refractivity contribution in [2.75, 3.05) is 0 Å². The largest absolute Gasteiger partial charge is 0.385 e. The highest BCUT2D eigenvalue weighted by molar-refractivity contribution is 5.39. The first-order valence-corrected chi connectivity index (χ1v) is 6.39. The minimum Gasteiger partial charge on any atom is -0.385 e. The molecule has 0 saturated carbocycles. The van der Waals surface area contributed by atoms with Crippen LogP contribution in [0.4, 0.5) is 0 Å². The topological polar surface area (TPSA) is 46.2 Å². The maximum atomic E-state index is 10.8. The van der Waals surface area contributed by atoms with Gasteiger partial charge in [-0.3, -0.25) is 0 Å². The number of benzene rings is 1. The van der Waals surface area contributed by atoms with Gasteiger partial charge in [-0.05, 0) is 35.8 Å². The van der Waals surface area contributed by atoms with Crippen LogP contribution in [0.3, 0.4) is 0 Å². The molecule has 1 aromatic carbocycles. The van der Waals surface area contributed by atoms with Gasteiger partial charge in [0.2, 0.25) is 0 Å². The quantitative estimate of drug-likeness (QED) is 0.824. The Morgan fingerprint density at radius 3 is 2.65 bits per heavy atom. The van der Waals surface area contributed by atoms with E-state index in [0.29, 0.717) is 6.42 Å². The van der Waals surface area contributed by atoms with Crippen molar-refractivity contribution in [3.8, 4) is 0 Å². The molecule has 0 aliphatic heterocycles. The summed E-state index contributed by atoms with van der Waals surface area (Å²) in [4.78, 5) is 0. The molecule has 0 heterocycles. The fraction of sp³-hybridized carbons (Fsp3) is 0.600. The van der Waals surface area contributed by atoms with E-state index in [0.717, 1.165) is 24.0 Å². The second-order valence-corrected chi connectivity index (χ2v) is 6.49. The first-order valence-electron chi connectivity index (χ1n) is 6.39. The van der Waals surface area contributed by atoms with Crippen LogP contribution in [0, 0.1) is 5.41 Å². The number of aliphatic hydroxyl groups is 1. The van der Waals surface area contributed by atoms with Crippen LogP contribution < -0.4 is 5.73 Å². The molecule has 0 amide bonds. The average Bonchev–Trinajstić information content (AvgIpc) is 2.50. The molecule has 2 nitrogen and oxygen atoms in total. The minimum absolute atomic E-state index is 0.0174. The summed E-state index contributed by atoms with van der Waals surface area (Å²) in [5.74, 6) is 0. The molecule has 0 fully saturated rings. The van der Waals surface area contributed by atoms with Gasteiger partial charge in [0.25, 0.3) is 0 Å². The smallest absolute Gasteiger partial charge is 0.0918 e.